The van der Waals surface area contributed by atoms with Crippen LogP contribution in [0, 0.1) is 5.82 Å². The Morgan fingerprint density at radius 3 is 2.50 bits per heavy atom. The lowest BCUT2D eigenvalue weighted by Gasteiger charge is -2.27. The summed E-state index contributed by atoms with van der Waals surface area (Å²) in [6.07, 6.45) is 3.46. The molecular formula is C17H29FN2. The molecule has 2 nitrogen and oxygen atoms in total. The summed E-state index contributed by atoms with van der Waals surface area (Å²) >= 11 is 0. The van der Waals surface area contributed by atoms with E-state index in [1.54, 1.807) is 12.1 Å². The van der Waals surface area contributed by atoms with E-state index in [1.165, 1.54) is 12.8 Å². The molecule has 1 atom stereocenters. The van der Waals surface area contributed by atoms with Crippen molar-refractivity contribution in [3.05, 3.63) is 35.6 Å². The largest absolute Gasteiger partial charge is 0.309 e. The third kappa shape index (κ3) is 5.59. The zero-order valence-electron chi connectivity index (χ0n) is 13.2. The van der Waals surface area contributed by atoms with Crippen molar-refractivity contribution in [2.75, 3.05) is 26.2 Å². The quantitative estimate of drug-likeness (QED) is 0.697. The van der Waals surface area contributed by atoms with Crippen LogP contribution >= 0.6 is 0 Å². The lowest BCUT2D eigenvalue weighted by molar-refractivity contribution is 0.248. The number of hydrogen-bond acceptors (Lipinski definition) is 2. The van der Waals surface area contributed by atoms with Crippen molar-refractivity contribution < 1.29 is 4.39 Å². The minimum absolute atomic E-state index is 0.0768. The van der Waals surface area contributed by atoms with Gasteiger partial charge in [-0.1, -0.05) is 45.4 Å². The van der Waals surface area contributed by atoms with Crippen LogP contribution in [-0.2, 0) is 0 Å². The Bertz CT molecular complexity index is 368. The van der Waals surface area contributed by atoms with Crippen LogP contribution in [0.3, 0.4) is 0 Å². The van der Waals surface area contributed by atoms with Crippen molar-refractivity contribution in [2.24, 2.45) is 0 Å². The molecule has 3 heteroatoms. The Balaban J connectivity index is 2.75. The van der Waals surface area contributed by atoms with Gasteiger partial charge in [0.1, 0.15) is 5.82 Å². The molecule has 0 aromatic heterocycles. The fourth-order valence-electron chi connectivity index (χ4n) is 2.37. The maximum Gasteiger partial charge on any atom is 0.128 e. The summed E-state index contributed by atoms with van der Waals surface area (Å²) in [5.74, 6) is -0.104. The summed E-state index contributed by atoms with van der Waals surface area (Å²) in [4.78, 5) is 2.41. The zero-order valence-corrected chi connectivity index (χ0v) is 13.2. The summed E-state index contributed by atoms with van der Waals surface area (Å²) in [7, 11) is 0. The standard InChI is InChI=1S/C17H29FN2/c1-4-7-13-20(6-3)14-17(19-12-5-2)15-10-8-9-11-16(15)18/h8-11,17,19H,4-7,12-14H2,1-3H3. The Morgan fingerprint density at radius 1 is 1.15 bits per heavy atom. The predicted octanol–water partition coefficient (Wildman–Crippen LogP) is 3.99. The second-order valence-corrected chi connectivity index (χ2v) is 5.28. The monoisotopic (exact) mass is 280 g/mol. The van der Waals surface area contributed by atoms with Gasteiger partial charge in [-0.15, -0.1) is 0 Å². The van der Waals surface area contributed by atoms with Gasteiger partial charge < -0.3 is 10.2 Å². The third-order valence-corrected chi connectivity index (χ3v) is 3.64. The van der Waals surface area contributed by atoms with Crippen molar-refractivity contribution in [2.45, 2.75) is 46.1 Å². The first-order valence-electron chi connectivity index (χ1n) is 7.93. The SMILES string of the molecule is CCCCN(CC)CC(NCCC)c1ccccc1F. The highest BCUT2D eigenvalue weighted by Gasteiger charge is 2.17. The first kappa shape index (κ1) is 17.1. The number of nitrogens with one attached hydrogen (secondary N) is 1. The van der Waals surface area contributed by atoms with E-state index in [4.69, 9.17) is 0 Å². The van der Waals surface area contributed by atoms with Crippen LogP contribution in [0.2, 0.25) is 0 Å². The fraction of sp³-hybridized carbons (Fsp3) is 0.647. The Morgan fingerprint density at radius 2 is 1.90 bits per heavy atom. The summed E-state index contributed by atoms with van der Waals surface area (Å²) in [5, 5.41) is 3.49. The summed E-state index contributed by atoms with van der Waals surface area (Å²) < 4.78 is 14.0. The second-order valence-electron chi connectivity index (χ2n) is 5.28. The third-order valence-electron chi connectivity index (χ3n) is 3.64. The summed E-state index contributed by atoms with van der Waals surface area (Å²) in [6.45, 7) is 10.4. The lowest BCUT2D eigenvalue weighted by atomic mass is 10.1. The van der Waals surface area contributed by atoms with Crippen molar-refractivity contribution >= 4 is 0 Å². The van der Waals surface area contributed by atoms with E-state index in [0.717, 1.165) is 38.2 Å². The van der Waals surface area contributed by atoms with Crippen LogP contribution in [0.4, 0.5) is 4.39 Å². The molecule has 0 spiro atoms. The van der Waals surface area contributed by atoms with Crippen LogP contribution in [-0.4, -0.2) is 31.1 Å². The van der Waals surface area contributed by atoms with Gasteiger partial charge in [-0.2, -0.15) is 0 Å². The van der Waals surface area contributed by atoms with E-state index >= 15 is 0 Å². The molecule has 1 aromatic carbocycles. The van der Waals surface area contributed by atoms with E-state index in [0.29, 0.717) is 0 Å². The Labute approximate surface area is 123 Å². The molecular weight excluding hydrogens is 251 g/mol. The van der Waals surface area contributed by atoms with E-state index < -0.39 is 0 Å². The molecule has 114 valence electrons. The van der Waals surface area contributed by atoms with Gasteiger partial charge in [-0.05, 0) is 38.5 Å². The van der Waals surface area contributed by atoms with Gasteiger partial charge in [0.25, 0.3) is 0 Å². The number of likely N-dealkylation sites (N-methyl/N-ethyl adjacent to an activating group) is 1. The molecule has 1 aromatic rings. The molecule has 0 heterocycles. The number of rotatable bonds is 10. The van der Waals surface area contributed by atoms with E-state index in [1.807, 2.05) is 12.1 Å². The van der Waals surface area contributed by atoms with Gasteiger partial charge in [0.2, 0.25) is 0 Å². The molecule has 0 fully saturated rings. The van der Waals surface area contributed by atoms with Crippen LogP contribution in [0.1, 0.15) is 51.6 Å². The molecule has 0 bridgehead atoms. The highest BCUT2D eigenvalue weighted by Crippen LogP contribution is 2.18. The second kappa shape index (κ2) is 9.89. The van der Waals surface area contributed by atoms with Gasteiger partial charge in [-0.25, -0.2) is 4.39 Å². The molecule has 0 saturated heterocycles. The normalized spacial score (nSPS) is 12.8. The first-order chi connectivity index (χ1) is 9.72. The zero-order chi connectivity index (χ0) is 14.8. The topological polar surface area (TPSA) is 15.3 Å². The average molecular weight is 280 g/mol. The minimum atomic E-state index is -0.104. The number of benzene rings is 1. The highest BCUT2D eigenvalue weighted by molar-refractivity contribution is 5.21. The average Bonchev–Trinajstić information content (AvgIpc) is 2.47. The minimum Gasteiger partial charge on any atom is -0.309 e. The molecule has 0 aliphatic carbocycles. The van der Waals surface area contributed by atoms with E-state index in [-0.39, 0.29) is 11.9 Å². The van der Waals surface area contributed by atoms with Crippen molar-refractivity contribution in [1.29, 1.82) is 0 Å². The van der Waals surface area contributed by atoms with Crippen LogP contribution in [0.25, 0.3) is 0 Å². The maximum absolute atomic E-state index is 14.0. The smallest absolute Gasteiger partial charge is 0.128 e. The summed E-state index contributed by atoms with van der Waals surface area (Å²) in [5.41, 5.74) is 0.788. The molecule has 1 rings (SSSR count). The van der Waals surface area contributed by atoms with E-state index in [2.05, 4.69) is 31.0 Å². The van der Waals surface area contributed by atoms with Crippen LogP contribution in [0.5, 0.6) is 0 Å². The number of hydrogen-bond donors (Lipinski definition) is 1. The molecule has 0 saturated carbocycles. The molecule has 1 N–H and O–H groups in total. The Hall–Kier alpha value is -0.930. The van der Waals surface area contributed by atoms with Crippen molar-refractivity contribution in [3.8, 4) is 0 Å². The first-order valence-corrected chi connectivity index (χ1v) is 7.93. The molecule has 20 heavy (non-hydrogen) atoms. The van der Waals surface area contributed by atoms with Gasteiger partial charge in [-0.3, -0.25) is 0 Å². The van der Waals surface area contributed by atoms with Crippen LogP contribution in [0.15, 0.2) is 24.3 Å². The summed E-state index contributed by atoms with van der Waals surface area (Å²) in [6, 6.07) is 7.20. The van der Waals surface area contributed by atoms with Crippen molar-refractivity contribution in [1.82, 2.24) is 10.2 Å². The Kier molecular flexibility index (Phi) is 8.47. The van der Waals surface area contributed by atoms with E-state index in [9.17, 15) is 4.39 Å². The van der Waals surface area contributed by atoms with Gasteiger partial charge >= 0.3 is 0 Å². The predicted molar refractivity (Wildman–Crippen MR) is 84.5 cm³/mol. The molecule has 0 aliphatic heterocycles. The lowest BCUT2D eigenvalue weighted by Crippen LogP contribution is -2.36. The van der Waals surface area contributed by atoms with Crippen molar-refractivity contribution in [3.63, 3.8) is 0 Å². The van der Waals surface area contributed by atoms with Gasteiger partial charge in [0.15, 0.2) is 0 Å². The number of nitrogens with zero attached hydrogens (tertiary/aromatic N) is 1. The molecule has 0 radical (unpaired) electrons. The number of unbranched alkanes of at least 4 members (excludes halogenated alkanes) is 1. The fourth-order valence-corrected chi connectivity index (χ4v) is 2.37. The molecule has 0 amide bonds. The molecule has 0 aliphatic rings. The van der Waals surface area contributed by atoms with Crippen LogP contribution < -0.4 is 5.32 Å². The van der Waals surface area contributed by atoms with Gasteiger partial charge in [0.05, 0.1) is 0 Å². The maximum atomic E-state index is 14.0. The number of halogens is 1. The molecule has 1 unspecified atom stereocenters. The van der Waals surface area contributed by atoms with Gasteiger partial charge in [0, 0.05) is 18.2 Å². The highest BCUT2D eigenvalue weighted by atomic mass is 19.1.